The van der Waals surface area contributed by atoms with Gasteiger partial charge in [0.2, 0.25) is 5.89 Å². The number of nitrogens with zero attached hydrogens (tertiary/aromatic N) is 2. The maximum Gasteiger partial charge on any atom is 0.379 e. The van der Waals surface area contributed by atoms with Crippen LogP contribution in [0.4, 0.5) is 0 Å². The molecule has 1 aromatic heterocycles. The van der Waals surface area contributed by atoms with Crippen LogP contribution in [0.3, 0.4) is 0 Å². The summed E-state index contributed by atoms with van der Waals surface area (Å²) in [5, 5.41) is 9.23. The van der Waals surface area contributed by atoms with E-state index in [-0.39, 0.29) is 30.9 Å². The van der Waals surface area contributed by atoms with E-state index in [4.69, 9.17) is 9.26 Å². The summed E-state index contributed by atoms with van der Waals surface area (Å²) in [6.45, 7) is 2.00. The molecule has 0 saturated carbocycles. The molecule has 0 radical (unpaired) electrons. The van der Waals surface area contributed by atoms with Crippen LogP contribution in [0.1, 0.15) is 35.0 Å². The Morgan fingerprint density at radius 2 is 2.00 bits per heavy atom. The van der Waals surface area contributed by atoms with Gasteiger partial charge in [-0.15, -0.1) is 12.4 Å². The molecule has 1 heterocycles. The largest absolute Gasteiger partial charge is 0.460 e. The van der Waals surface area contributed by atoms with E-state index in [9.17, 15) is 4.79 Å². The standard InChI is InChI=1S/C18H19N3O3.ClH/c1-3-23-18(22)16-20-17(24-21-16)15(19-2)11-12-8-9-13-6-4-5-7-14(13)10-12;/h4-10,15,19H,3,11H2,1-2H3;1H/t15-;/m1./s1. The number of ether oxygens (including phenoxy) is 1. The van der Waals surface area contributed by atoms with Crippen LogP contribution in [0, 0.1) is 0 Å². The molecule has 0 amide bonds. The Kier molecular flexibility index (Phi) is 6.50. The normalized spacial score (nSPS) is 11.8. The first-order chi connectivity index (χ1) is 11.7. The smallest absolute Gasteiger partial charge is 0.379 e. The fraction of sp³-hybridized carbons (Fsp3) is 0.278. The number of carbonyl (C=O) groups is 1. The zero-order chi connectivity index (χ0) is 16.9. The molecule has 0 saturated heterocycles. The summed E-state index contributed by atoms with van der Waals surface area (Å²) in [5.74, 6) is -0.257. The lowest BCUT2D eigenvalue weighted by molar-refractivity contribution is 0.0508. The highest BCUT2D eigenvalue weighted by Crippen LogP contribution is 2.21. The number of halogens is 1. The van der Waals surface area contributed by atoms with Crippen molar-refractivity contribution in [3.63, 3.8) is 0 Å². The second-order valence-corrected chi connectivity index (χ2v) is 5.40. The van der Waals surface area contributed by atoms with Gasteiger partial charge in [-0.05, 0) is 41.9 Å². The minimum atomic E-state index is -0.576. The molecular formula is C18H20ClN3O3. The number of hydrogen-bond donors (Lipinski definition) is 1. The highest BCUT2D eigenvalue weighted by Gasteiger charge is 2.21. The van der Waals surface area contributed by atoms with Gasteiger partial charge in [0.15, 0.2) is 0 Å². The summed E-state index contributed by atoms with van der Waals surface area (Å²) >= 11 is 0. The van der Waals surface area contributed by atoms with E-state index >= 15 is 0 Å². The number of benzene rings is 2. The fourth-order valence-electron chi connectivity index (χ4n) is 2.57. The van der Waals surface area contributed by atoms with Crippen molar-refractivity contribution >= 4 is 29.1 Å². The van der Waals surface area contributed by atoms with Crippen LogP contribution in [0.15, 0.2) is 47.0 Å². The molecule has 0 aliphatic rings. The van der Waals surface area contributed by atoms with E-state index in [2.05, 4.69) is 45.8 Å². The van der Waals surface area contributed by atoms with Gasteiger partial charge in [-0.1, -0.05) is 42.5 Å². The van der Waals surface area contributed by atoms with E-state index in [1.54, 1.807) is 6.92 Å². The third-order valence-corrected chi connectivity index (χ3v) is 3.80. The molecular weight excluding hydrogens is 342 g/mol. The van der Waals surface area contributed by atoms with Gasteiger partial charge in [0.05, 0.1) is 12.6 Å². The van der Waals surface area contributed by atoms with Gasteiger partial charge in [0.1, 0.15) is 0 Å². The number of fused-ring (bicyclic) bond motifs is 1. The monoisotopic (exact) mass is 361 g/mol. The molecule has 1 atom stereocenters. The summed E-state index contributed by atoms with van der Waals surface area (Å²) in [5.41, 5.74) is 1.14. The first kappa shape index (κ1) is 18.9. The molecule has 0 aliphatic heterocycles. The van der Waals surface area contributed by atoms with Crippen molar-refractivity contribution in [2.24, 2.45) is 0 Å². The van der Waals surface area contributed by atoms with Crippen molar-refractivity contribution in [2.75, 3.05) is 13.7 Å². The van der Waals surface area contributed by atoms with E-state index in [1.807, 2.05) is 19.2 Å². The van der Waals surface area contributed by atoms with Crippen LogP contribution in [-0.4, -0.2) is 29.8 Å². The summed E-state index contributed by atoms with van der Waals surface area (Å²) in [7, 11) is 1.82. The molecule has 1 N–H and O–H groups in total. The second-order valence-electron chi connectivity index (χ2n) is 5.40. The number of rotatable bonds is 6. The lowest BCUT2D eigenvalue weighted by Crippen LogP contribution is -2.19. The average Bonchev–Trinajstić information content (AvgIpc) is 3.10. The Balaban J connectivity index is 0.00000225. The summed E-state index contributed by atoms with van der Waals surface area (Å²) in [6, 6.07) is 14.3. The molecule has 6 nitrogen and oxygen atoms in total. The van der Waals surface area contributed by atoms with Gasteiger partial charge in [-0.25, -0.2) is 4.79 Å². The van der Waals surface area contributed by atoms with Gasteiger partial charge in [-0.3, -0.25) is 0 Å². The summed E-state index contributed by atoms with van der Waals surface area (Å²) < 4.78 is 10.1. The van der Waals surface area contributed by atoms with E-state index < -0.39 is 5.97 Å². The maximum atomic E-state index is 11.6. The van der Waals surface area contributed by atoms with Crippen molar-refractivity contribution in [1.29, 1.82) is 0 Å². The molecule has 132 valence electrons. The van der Waals surface area contributed by atoms with Crippen LogP contribution >= 0.6 is 12.4 Å². The van der Waals surface area contributed by atoms with Crippen molar-refractivity contribution < 1.29 is 14.1 Å². The Hall–Kier alpha value is -2.44. The Morgan fingerprint density at radius 1 is 1.24 bits per heavy atom. The van der Waals surface area contributed by atoms with Crippen molar-refractivity contribution in [1.82, 2.24) is 15.5 Å². The third-order valence-electron chi connectivity index (χ3n) is 3.80. The lowest BCUT2D eigenvalue weighted by atomic mass is 10.0. The molecule has 0 unspecified atom stereocenters. The number of aromatic nitrogens is 2. The summed E-state index contributed by atoms with van der Waals surface area (Å²) in [4.78, 5) is 15.8. The lowest BCUT2D eigenvalue weighted by Gasteiger charge is -2.12. The molecule has 3 rings (SSSR count). The maximum absolute atomic E-state index is 11.6. The summed E-state index contributed by atoms with van der Waals surface area (Å²) in [6.07, 6.45) is 0.672. The van der Waals surface area contributed by atoms with Crippen LogP contribution in [0.2, 0.25) is 0 Å². The highest BCUT2D eigenvalue weighted by molar-refractivity contribution is 5.85. The van der Waals surface area contributed by atoms with Crippen LogP contribution in [-0.2, 0) is 11.2 Å². The number of hydrogen-bond acceptors (Lipinski definition) is 6. The zero-order valence-electron chi connectivity index (χ0n) is 14.1. The van der Waals surface area contributed by atoms with Crippen molar-refractivity contribution in [2.45, 2.75) is 19.4 Å². The number of esters is 1. The SMILES string of the molecule is CCOC(=O)c1noc([C@@H](Cc2ccc3ccccc3c2)NC)n1.Cl. The van der Waals surface area contributed by atoms with Crippen LogP contribution in [0.5, 0.6) is 0 Å². The molecule has 25 heavy (non-hydrogen) atoms. The minimum Gasteiger partial charge on any atom is -0.460 e. The first-order valence-corrected chi connectivity index (χ1v) is 7.87. The van der Waals surface area contributed by atoms with E-state index in [1.165, 1.54) is 10.8 Å². The third kappa shape index (κ3) is 4.35. The number of likely N-dealkylation sites (N-methyl/N-ethyl adjacent to an activating group) is 1. The Morgan fingerprint density at radius 3 is 2.72 bits per heavy atom. The van der Waals surface area contributed by atoms with Crippen LogP contribution in [0.25, 0.3) is 10.8 Å². The molecule has 3 aromatic rings. The zero-order valence-corrected chi connectivity index (χ0v) is 14.9. The fourth-order valence-corrected chi connectivity index (χ4v) is 2.57. The number of nitrogens with one attached hydrogen (secondary N) is 1. The van der Waals surface area contributed by atoms with Gasteiger partial charge in [0.25, 0.3) is 5.82 Å². The van der Waals surface area contributed by atoms with E-state index in [0.29, 0.717) is 12.3 Å². The first-order valence-electron chi connectivity index (χ1n) is 7.87. The minimum absolute atomic E-state index is 0. The Labute approximate surface area is 152 Å². The van der Waals surface area contributed by atoms with Gasteiger partial charge < -0.3 is 14.6 Å². The predicted molar refractivity (Wildman–Crippen MR) is 97.0 cm³/mol. The predicted octanol–water partition coefficient (Wildman–Crippen LogP) is 3.32. The molecule has 0 spiro atoms. The quantitative estimate of drug-likeness (QED) is 0.678. The molecule has 2 aromatic carbocycles. The van der Waals surface area contributed by atoms with Crippen LogP contribution < -0.4 is 5.32 Å². The van der Waals surface area contributed by atoms with Crippen molar-refractivity contribution in [3.05, 3.63) is 59.7 Å². The van der Waals surface area contributed by atoms with Gasteiger partial charge >= 0.3 is 5.97 Å². The topological polar surface area (TPSA) is 77.2 Å². The van der Waals surface area contributed by atoms with E-state index in [0.717, 1.165) is 5.56 Å². The second kappa shape index (κ2) is 8.60. The molecule has 0 fully saturated rings. The highest BCUT2D eigenvalue weighted by atomic mass is 35.5. The molecule has 0 bridgehead atoms. The molecule has 0 aliphatic carbocycles. The van der Waals surface area contributed by atoms with Gasteiger partial charge in [0, 0.05) is 0 Å². The number of carbonyl (C=O) groups excluding carboxylic acids is 1. The Bertz CT molecular complexity index is 850. The molecule has 7 heteroatoms. The van der Waals surface area contributed by atoms with Crippen molar-refractivity contribution in [3.8, 4) is 0 Å². The van der Waals surface area contributed by atoms with Gasteiger partial charge in [-0.2, -0.15) is 4.98 Å². The average molecular weight is 362 g/mol.